The number of nitrogens with zero attached hydrogens (tertiary/aromatic N) is 4. The lowest BCUT2D eigenvalue weighted by atomic mass is 9.62. The van der Waals surface area contributed by atoms with Crippen molar-refractivity contribution in [2.24, 2.45) is 5.92 Å². The Hall–Kier alpha value is -2.75. The molecule has 1 unspecified atom stereocenters. The zero-order valence-corrected chi connectivity index (χ0v) is 17.5. The van der Waals surface area contributed by atoms with Gasteiger partial charge in [-0.1, -0.05) is 6.92 Å². The fourth-order valence-electron chi connectivity index (χ4n) is 5.09. The number of nitrogens with one attached hydrogen (secondary N) is 1. The highest BCUT2D eigenvalue weighted by Crippen LogP contribution is 2.52. The topological polar surface area (TPSA) is 80.2 Å². The largest absolute Gasteiger partial charge is 0.417 e. The molecular formula is C21H24F3N5O2. The molecule has 1 aliphatic carbocycles. The van der Waals surface area contributed by atoms with E-state index in [0.717, 1.165) is 25.3 Å². The lowest BCUT2D eigenvalue weighted by Gasteiger charge is -2.65. The molecule has 4 atom stereocenters. The van der Waals surface area contributed by atoms with E-state index in [9.17, 15) is 18.0 Å². The van der Waals surface area contributed by atoms with Gasteiger partial charge in [0.1, 0.15) is 0 Å². The second-order valence-corrected chi connectivity index (χ2v) is 8.41. The molecule has 0 spiro atoms. The predicted octanol–water partition coefficient (Wildman–Crippen LogP) is 4.37. The second kappa shape index (κ2) is 7.74. The van der Waals surface area contributed by atoms with Crippen LogP contribution in [0.3, 0.4) is 0 Å². The molecule has 2 aromatic rings. The SMILES string of the molecule is COC(C)[C@@]12C[C@@H](C)C[C@@H](C1)N2C(=O)Nc1ccc(C(F)(F)F)c(-c2nccnn2)c1. The van der Waals surface area contributed by atoms with Gasteiger partial charge in [-0.3, -0.25) is 0 Å². The average Bonchev–Trinajstić information content (AvgIpc) is 2.72. The fraction of sp³-hybridized carbons (Fsp3) is 0.524. The number of urea groups is 1. The number of amides is 2. The molecule has 1 saturated heterocycles. The van der Waals surface area contributed by atoms with Crippen LogP contribution in [-0.4, -0.2) is 50.9 Å². The van der Waals surface area contributed by atoms with Gasteiger partial charge in [0, 0.05) is 30.6 Å². The van der Waals surface area contributed by atoms with E-state index in [1.165, 1.54) is 24.5 Å². The smallest absolute Gasteiger partial charge is 0.379 e. The summed E-state index contributed by atoms with van der Waals surface area (Å²) in [6, 6.07) is 3.16. The molecular weight excluding hydrogens is 411 g/mol. The molecule has 4 rings (SSSR count). The summed E-state index contributed by atoms with van der Waals surface area (Å²) in [7, 11) is 1.62. The summed E-state index contributed by atoms with van der Waals surface area (Å²) in [6.45, 7) is 4.11. The minimum atomic E-state index is -4.60. The summed E-state index contributed by atoms with van der Waals surface area (Å²) >= 11 is 0. The van der Waals surface area contributed by atoms with E-state index in [1.807, 2.05) is 6.92 Å². The zero-order valence-electron chi connectivity index (χ0n) is 17.5. The van der Waals surface area contributed by atoms with Crippen LogP contribution in [0.4, 0.5) is 23.7 Å². The number of carbonyl (C=O) groups excluding carboxylic acids is 1. The van der Waals surface area contributed by atoms with Crippen molar-refractivity contribution in [1.82, 2.24) is 20.1 Å². The summed E-state index contributed by atoms with van der Waals surface area (Å²) in [6.07, 6.45) is 0.390. The Morgan fingerprint density at radius 1 is 1.32 bits per heavy atom. The summed E-state index contributed by atoms with van der Waals surface area (Å²) in [5, 5.41) is 10.1. The van der Waals surface area contributed by atoms with Crippen molar-refractivity contribution in [1.29, 1.82) is 0 Å². The Balaban J connectivity index is 1.63. The number of anilines is 1. The molecule has 2 amide bonds. The van der Waals surface area contributed by atoms with Crippen molar-refractivity contribution in [3.8, 4) is 11.4 Å². The van der Waals surface area contributed by atoms with E-state index >= 15 is 0 Å². The number of hydrogen-bond donors (Lipinski definition) is 1. The Morgan fingerprint density at radius 2 is 2.10 bits per heavy atom. The minimum Gasteiger partial charge on any atom is -0.379 e. The number of piperidine rings is 1. The maximum Gasteiger partial charge on any atom is 0.417 e. The predicted molar refractivity (Wildman–Crippen MR) is 107 cm³/mol. The number of benzene rings is 1. The average molecular weight is 435 g/mol. The number of rotatable bonds is 4. The second-order valence-electron chi connectivity index (χ2n) is 8.41. The quantitative estimate of drug-likeness (QED) is 0.772. The van der Waals surface area contributed by atoms with Crippen LogP contribution < -0.4 is 5.32 Å². The third-order valence-corrected chi connectivity index (χ3v) is 6.44. The molecule has 0 radical (unpaired) electrons. The van der Waals surface area contributed by atoms with Crippen molar-refractivity contribution >= 4 is 11.7 Å². The van der Waals surface area contributed by atoms with E-state index < -0.39 is 17.3 Å². The number of ether oxygens (including phenoxy) is 1. The number of halogens is 3. The summed E-state index contributed by atoms with van der Waals surface area (Å²) in [5.41, 5.74) is -1.30. The zero-order chi connectivity index (χ0) is 22.4. The third-order valence-electron chi connectivity index (χ3n) is 6.44. The van der Waals surface area contributed by atoms with E-state index in [2.05, 4.69) is 27.4 Å². The number of aromatic nitrogens is 3. The molecule has 1 aromatic heterocycles. The molecule has 31 heavy (non-hydrogen) atoms. The summed E-state index contributed by atoms with van der Waals surface area (Å²) in [4.78, 5) is 18.9. The monoisotopic (exact) mass is 435 g/mol. The van der Waals surface area contributed by atoms with Gasteiger partial charge < -0.3 is 15.0 Å². The maximum atomic E-state index is 13.5. The minimum absolute atomic E-state index is 0.0944. The molecule has 2 aliphatic rings. The highest BCUT2D eigenvalue weighted by atomic mass is 19.4. The van der Waals surface area contributed by atoms with E-state index in [1.54, 1.807) is 12.0 Å². The number of likely N-dealkylation sites (tertiary alicyclic amines) is 1. The van der Waals surface area contributed by atoms with Gasteiger partial charge in [-0.05, 0) is 50.3 Å². The van der Waals surface area contributed by atoms with Gasteiger partial charge in [0.05, 0.1) is 23.4 Å². The van der Waals surface area contributed by atoms with Crippen molar-refractivity contribution in [2.45, 2.75) is 57.0 Å². The van der Waals surface area contributed by atoms with E-state index in [4.69, 9.17) is 4.74 Å². The maximum absolute atomic E-state index is 13.5. The van der Waals surface area contributed by atoms with Crippen LogP contribution in [0.1, 0.15) is 38.7 Å². The highest BCUT2D eigenvalue weighted by Gasteiger charge is 2.61. The molecule has 1 N–H and O–H groups in total. The number of methoxy groups -OCH3 is 1. The van der Waals surface area contributed by atoms with Gasteiger partial charge in [0.15, 0.2) is 5.82 Å². The van der Waals surface area contributed by atoms with Gasteiger partial charge >= 0.3 is 12.2 Å². The Morgan fingerprint density at radius 3 is 2.74 bits per heavy atom. The first-order valence-corrected chi connectivity index (χ1v) is 10.1. The van der Waals surface area contributed by atoms with E-state index in [-0.39, 0.29) is 35.3 Å². The highest BCUT2D eigenvalue weighted by molar-refractivity contribution is 5.92. The molecule has 2 bridgehead atoms. The van der Waals surface area contributed by atoms with Crippen LogP contribution >= 0.6 is 0 Å². The number of carbonyl (C=O) groups is 1. The first kappa shape index (κ1) is 21.5. The van der Waals surface area contributed by atoms with Crippen LogP contribution in [0.25, 0.3) is 11.4 Å². The van der Waals surface area contributed by atoms with Crippen molar-refractivity contribution < 1.29 is 22.7 Å². The Kier molecular flexibility index (Phi) is 5.36. The van der Waals surface area contributed by atoms with Crippen LogP contribution in [0.5, 0.6) is 0 Å². The van der Waals surface area contributed by atoms with Gasteiger partial charge in [0.2, 0.25) is 0 Å². The lowest BCUT2D eigenvalue weighted by Crippen LogP contribution is -2.76. The van der Waals surface area contributed by atoms with Gasteiger partial charge in [-0.25, -0.2) is 9.78 Å². The fourth-order valence-corrected chi connectivity index (χ4v) is 5.09. The first-order valence-electron chi connectivity index (χ1n) is 10.1. The van der Waals surface area contributed by atoms with Crippen LogP contribution in [0.2, 0.25) is 0 Å². The number of hydrogen-bond acceptors (Lipinski definition) is 5. The Bertz CT molecular complexity index is 971. The van der Waals surface area contributed by atoms with Crippen molar-refractivity contribution in [2.75, 3.05) is 12.4 Å². The van der Waals surface area contributed by atoms with Crippen molar-refractivity contribution in [3.63, 3.8) is 0 Å². The molecule has 7 nitrogen and oxygen atoms in total. The third kappa shape index (κ3) is 3.73. The van der Waals surface area contributed by atoms with Gasteiger partial charge in [0.25, 0.3) is 0 Å². The molecule has 1 saturated carbocycles. The first-order chi connectivity index (χ1) is 14.7. The lowest BCUT2D eigenvalue weighted by molar-refractivity contribution is -0.155. The standard InChI is InChI=1S/C21H24F3N5O2/c1-12-8-15-11-20(10-12,13(2)31-3)29(15)19(30)27-14-4-5-17(21(22,23)24)16(9-14)18-25-6-7-26-28-18/h4-7,9,12-13,15H,8,10-11H2,1-3H3,(H,27,30)/t12-,13?,15-,20+/m0/s1. The summed E-state index contributed by atoms with van der Waals surface area (Å²) < 4.78 is 46.1. The molecule has 1 aromatic carbocycles. The van der Waals surface area contributed by atoms with Gasteiger partial charge in [-0.15, -0.1) is 5.10 Å². The number of alkyl halides is 3. The molecule has 166 valence electrons. The molecule has 10 heteroatoms. The molecule has 1 aliphatic heterocycles. The normalized spacial score (nSPS) is 26.2. The summed E-state index contributed by atoms with van der Waals surface area (Å²) in [5.74, 6) is 0.311. The van der Waals surface area contributed by atoms with Crippen LogP contribution in [0.15, 0.2) is 30.6 Å². The van der Waals surface area contributed by atoms with Crippen molar-refractivity contribution in [3.05, 3.63) is 36.2 Å². The van der Waals surface area contributed by atoms with Gasteiger partial charge in [-0.2, -0.15) is 18.3 Å². The number of fused-ring (bicyclic) bond motifs is 2. The molecule has 2 heterocycles. The van der Waals surface area contributed by atoms with Crippen LogP contribution in [-0.2, 0) is 10.9 Å². The van der Waals surface area contributed by atoms with E-state index in [0.29, 0.717) is 5.92 Å². The van der Waals surface area contributed by atoms with Crippen LogP contribution in [0, 0.1) is 5.92 Å². The molecule has 2 fully saturated rings. The Labute approximate surface area is 178 Å².